The van der Waals surface area contributed by atoms with Gasteiger partial charge in [-0.05, 0) is 29.8 Å². The summed E-state index contributed by atoms with van der Waals surface area (Å²) >= 11 is 11.7. The van der Waals surface area contributed by atoms with Crippen molar-refractivity contribution in [3.05, 3.63) is 63.9 Å². The summed E-state index contributed by atoms with van der Waals surface area (Å²) < 4.78 is 13.3. The van der Waals surface area contributed by atoms with Gasteiger partial charge in [-0.1, -0.05) is 41.4 Å². The molecular formula is C13H10Cl2FN. The number of rotatable bonds is 3. The molecule has 0 aromatic heterocycles. The van der Waals surface area contributed by atoms with E-state index in [0.29, 0.717) is 22.3 Å². The van der Waals surface area contributed by atoms with Gasteiger partial charge in [-0.25, -0.2) is 4.39 Å². The van der Waals surface area contributed by atoms with Gasteiger partial charge in [-0.2, -0.15) is 0 Å². The van der Waals surface area contributed by atoms with Crippen molar-refractivity contribution in [2.45, 2.75) is 6.54 Å². The Balaban J connectivity index is 2.08. The quantitative estimate of drug-likeness (QED) is 0.849. The van der Waals surface area contributed by atoms with Gasteiger partial charge in [-0.15, -0.1) is 0 Å². The number of para-hydroxylation sites is 1. The number of hydrogen-bond acceptors (Lipinski definition) is 1. The summed E-state index contributed by atoms with van der Waals surface area (Å²) in [6, 6.07) is 11.9. The second-order valence-corrected chi connectivity index (χ2v) is 4.40. The van der Waals surface area contributed by atoms with Crippen LogP contribution in [-0.2, 0) is 6.54 Å². The van der Waals surface area contributed by atoms with Crippen molar-refractivity contribution in [1.29, 1.82) is 0 Å². The van der Waals surface area contributed by atoms with Crippen LogP contribution in [-0.4, -0.2) is 0 Å². The summed E-state index contributed by atoms with van der Waals surface area (Å²) in [6.45, 7) is 0.498. The highest BCUT2D eigenvalue weighted by Gasteiger charge is 2.02. The summed E-state index contributed by atoms with van der Waals surface area (Å²) in [7, 11) is 0. The molecule has 0 fully saturated rings. The van der Waals surface area contributed by atoms with Crippen LogP contribution >= 0.6 is 23.2 Å². The van der Waals surface area contributed by atoms with Crippen molar-refractivity contribution < 1.29 is 4.39 Å². The van der Waals surface area contributed by atoms with Crippen LogP contribution in [0.5, 0.6) is 0 Å². The lowest BCUT2D eigenvalue weighted by Crippen LogP contribution is -2.01. The third-order valence-electron chi connectivity index (χ3n) is 2.34. The molecule has 0 atom stereocenters. The molecule has 0 spiro atoms. The fourth-order valence-corrected chi connectivity index (χ4v) is 1.77. The lowest BCUT2D eigenvalue weighted by molar-refractivity contribution is 0.630. The van der Waals surface area contributed by atoms with Gasteiger partial charge in [0, 0.05) is 6.54 Å². The van der Waals surface area contributed by atoms with E-state index in [0.717, 1.165) is 5.56 Å². The number of anilines is 1. The summed E-state index contributed by atoms with van der Waals surface area (Å²) in [5.74, 6) is -0.271. The molecule has 0 aliphatic carbocycles. The maximum Gasteiger partial charge on any atom is 0.146 e. The van der Waals surface area contributed by atoms with Crippen molar-refractivity contribution in [2.75, 3.05) is 5.32 Å². The van der Waals surface area contributed by atoms with Crippen LogP contribution in [0.3, 0.4) is 0 Å². The van der Waals surface area contributed by atoms with E-state index < -0.39 is 0 Å². The van der Waals surface area contributed by atoms with Crippen LogP contribution in [0.2, 0.25) is 10.0 Å². The molecule has 0 bridgehead atoms. The predicted octanol–water partition coefficient (Wildman–Crippen LogP) is 4.74. The van der Waals surface area contributed by atoms with Gasteiger partial charge in [0.25, 0.3) is 0 Å². The summed E-state index contributed by atoms with van der Waals surface area (Å²) in [6.07, 6.45) is 0. The first-order chi connectivity index (χ1) is 8.16. The van der Waals surface area contributed by atoms with E-state index in [2.05, 4.69) is 5.32 Å². The van der Waals surface area contributed by atoms with Gasteiger partial charge in [0.2, 0.25) is 0 Å². The molecule has 0 heterocycles. The highest BCUT2D eigenvalue weighted by molar-refractivity contribution is 6.42. The zero-order chi connectivity index (χ0) is 12.3. The van der Waals surface area contributed by atoms with Crippen LogP contribution in [0.15, 0.2) is 42.5 Å². The Morgan fingerprint density at radius 2 is 1.76 bits per heavy atom. The van der Waals surface area contributed by atoms with E-state index in [4.69, 9.17) is 23.2 Å². The van der Waals surface area contributed by atoms with E-state index in [1.54, 1.807) is 30.3 Å². The first kappa shape index (κ1) is 12.2. The summed E-state index contributed by atoms with van der Waals surface area (Å²) in [5.41, 5.74) is 1.42. The molecule has 88 valence electrons. The Morgan fingerprint density at radius 3 is 2.47 bits per heavy atom. The van der Waals surface area contributed by atoms with E-state index in [1.807, 2.05) is 6.07 Å². The largest absolute Gasteiger partial charge is 0.379 e. The van der Waals surface area contributed by atoms with E-state index >= 15 is 0 Å². The molecule has 0 unspecified atom stereocenters. The predicted molar refractivity (Wildman–Crippen MR) is 70.2 cm³/mol. The molecule has 4 heteroatoms. The molecule has 0 radical (unpaired) electrons. The van der Waals surface area contributed by atoms with Crippen LogP contribution < -0.4 is 5.32 Å². The molecule has 0 saturated carbocycles. The number of nitrogens with one attached hydrogen (secondary N) is 1. The first-order valence-corrected chi connectivity index (χ1v) is 5.85. The van der Waals surface area contributed by atoms with Gasteiger partial charge >= 0.3 is 0 Å². The zero-order valence-electron chi connectivity index (χ0n) is 8.88. The van der Waals surface area contributed by atoms with E-state index in [-0.39, 0.29) is 5.82 Å². The fraction of sp³-hybridized carbons (Fsp3) is 0.0769. The highest BCUT2D eigenvalue weighted by atomic mass is 35.5. The minimum atomic E-state index is -0.271. The van der Waals surface area contributed by atoms with Crippen LogP contribution in [0.25, 0.3) is 0 Å². The molecule has 0 amide bonds. The van der Waals surface area contributed by atoms with Crippen molar-refractivity contribution in [3.8, 4) is 0 Å². The van der Waals surface area contributed by atoms with Crippen LogP contribution in [0.1, 0.15) is 5.56 Å². The third-order valence-corrected chi connectivity index (χ3v) is 3.08. The normalized spacial score (nSPS) is 10.3. The third kappa shape index (κ3) is 3.11. The number of halogens is 3. The van der Waals surface area contributed by atoms with Crippen LogP contribution in [0.4, 0.5) is 10.1 Å². The number of hydrogen-bond donors (Lipinski definition) is 1. The topological polar surface area (TPSA) is 12.0 Å². The van der Waals surface area contributed by atoms with Gasteiger partial charge < -0.3 is 5.32 Å². The Bertz CT molecular complexity index is 529. The van der Waals surface area contributed by atoms with Gasteiger partial charge in [-0.3, -0.25) is 0 Å². The smallest absolute Gasteiger partial charge is 0.146 e. The van der Waals surface area contributed by atoms with Gasteiger partial charge in [0.15, 0.2) is 0 Å². The molecule has 1 nitrogen and oxygen atoms in total. The Labute approximate surface area is 109 Å². The molecular weight excluding hydrogens is 260 g/mol. The molecule has 17 heavy (non-hydrogen) atoms. The Hall–Kier alpha value is -1.25. The van der Waals surface area contributed by atoms with Crippen molar-refractivity contribution in [1.82, 2.24) is 0 Å². The minimum absolute atomic E-state index is 0.271. The highest BCUT2D eigenvalue weighted by Crippen LogP contribution is 2.23. The Morgan fingerprint density at radius 1 is 1.00 bits per heavy atom. The lowest BCUT2D eigenvalue weighted by atomic mass is 10.2. The molecule has 0 aliphatic rings. The van der Waals surface area contributed by atoms with E-state index in [1.165, 1.54) is 6.07 Å². The zero-order valence-corrected chi connectivity index (χ0v) is 10.4. The summed E-state index contributed by atoms with van der Waals surface area (Å²) in [4.78, 5) is 0. The molecule has 2 aromatic rings. The molecule has 2 rings (SSSR count). The summed E-state index contributed by atoms with van der Waals surface area (Å²) in [5, 5.41) is 4.01. The second kappa shape index (κ2) is 5.39. The van der Waals surface area contributed by atoms with Crippen molar-refractivity contribution in [2.24, 2.45) is 0 Å². The van der Waals surface area contributed by atoms with Crippen molar-refractivity contribution >= 4 is 28.9 Å². The van der Waals surface area contributed by atoms with Crippen LogP contribution in [0, 0.1) is 5.82 Å². The maximum atomic E-state index is 13.3. The number of benzene rings is 2. The van der Waals surface area contributed by atoms with E-state index in [9.17, 15) is 4.39 Å². The van der Waals surface area contributed by atoms with Crippen molar-refractivity contribution in [3.63, 3.8) is 0 Å². The second-order valence-electron chi connectivity index (χ2n) is 3.58. The standard InChI is InChI=1S/C13H10Cl2FN/c14-10-6-5-9(7-11(10)15)8-17-13-4-2-1-3-12(13)16/h1-7,17H,8H2. The fourth-order valence-electron chi connectivity index (χ4n) is 1.45. The first-order valence-electron chi connectivity index (χ1n) is 5.09. The average Bonchev–Trinajstić information content (AvgIpc) is 2.32. The molecule has 0 aliphatic heterocycles. The molecule has 1 N–H and O–H groups in total. The SMILES string of the molecule is Fc1ccccc1NCc1ccc(Cl)c(Cl)c1. The van der Waals surface area contributed by atoms with Gasteiger partial charge in [0.1, 0.15) is 5.82 Å². The Kier molecular flexibility index (Phi) is 3.87. The average molecular weight is 270 g/mol. The lowest BCUT2D eigenvalue weighted by Gasteiger charge is -2.08. The molecule has 2 aromatic carbocycles. The molecule has 0 saturated heterocycles. The maximum absolute atomic E-state index is 13.3. The van der Waals surface area contributed by atoms with Gasteiger partial charge in [0.05, 0.1) is 15.7 Å². The monoisotopic (exact) mass is 269 g/mol. The minimum Gasteiger partial charge on any atom is -0.379 e.